The SMILES string of the molecule is COC(=O)CCC[n+]1c[nH]cc1[N+](=O)[O-]. The topological polar surface area (TPSA) is 89.1 Å². The van der Waals surface area contributed by atoms with Gasteiger partial charge in [-0.1, -0.05) is 0 Å². The summed E-state index contributed by atoms with van der Waals surface area (Å²) in [6.45, 7) is 0.412. The van der Waals surface area contributed by atoms with E-state index in [0.29, 0.717) is 13.0 Å². The van der Waals surface area contributed by atoms with Crippen molar-refractivity contribution in [1.29, 1.82) is 0 Å². The van der Waals surface area contributed by atoms with Crippen LogP contribution in [-0.2, 0) is 16.1 Å². The molecular weight excluding hydrogens is 202 g/mol. The van der Waals surface area contributed by atoms with E-state index in [1.165, 1.54) is 24.2 Å². The van der Waals surface area contributed by atoms with E-state index in [1.54, 1.807) is 0 Å². The molecule has 0 unspecified atom stereocenters. The molecule has 0 spiro atoms. The maximum atomic E-state index is 10.8. The number of aromatic nitrogens is 2. The van der Waals surface area contributed by atoms with Crippen molar-refractivity contribution >= 4 is 11.8 Å². The first-order valence-electron chi connectivity index (χ1n) is 4.42. The van der Waals surface area contributed by atoms with Gasteiger partial charge in [-0.25, -0.2) is 4.98 Å². The van der Waals surface area contributed by atoms with Gasteiger partial charge in [0.1, 0.15) is 6.54 Å². The summed E-state index contributed by atoms with van der Waals surface area (Å²) in [5, 5.41) is 10.5. The predicted octanol–water partition coefficient (Wildman–Crippen LogP) is 0.164. The normalized spacial score (nSPS) is 9.93. The standard InChI is InChI=1S/C8H11N3O4/c1-15-8(12)3-2-4-10-6-9-5-7(10)11(13)14/h5-6H,2-4H2,1H3/p+1. The van der Waals surface area contributed by atoms with E-state index in [2.05, 4.69) is 9.72 Å². The maximum absolute atomic E-state index is 10.8. The third-order valence-corrected chi connectivity index (χ3v) is 1.93. The van der Waals surface area contributed by atoms with Crippen LogP contribution in [-0.4, -0.2) is 23.0 Å². The Morgan fingerprint density at radius 1 is 1.73 bits per heavy atom. The molecular formula is C8H12N3O4+. The van der Waals surface area contributed by atoms with Crippen molar-refractivity contribution < 1.29 is 19.0 Å². The van der Waals surface area contributed by atoms with Crippen LogP contribution in [0.3, 0.4) is 0 Å². The highest BCUT2D eigenvalue weighted by Gasteiger charge is 2.18. The van der Waals surface area contributed by atoms with Gasteiger partial charge in [-0.05, 0) is 0 Å². The molecule has 15 heavy (non-hydrogen) atoms. The second kappa shape index (κ2) is 5.08. The van der Waals surface area contributed by atoms with Crippen LogP contribution in [0.1, 0.15) is 12.8 Å². The largest absolute Gasteiger partial charge is 0.469 e. The smallest absolute Gasteiger partial charge is 0.434 e. The number of hydrogen-bond acceptors (Lipinski definition) is 4. The van der Waals surface area contributed by atoms with Crippen molar-refractivity contribution in [2.75, 3.05) is 7.11 Å². The second-order valence-electron chi connectivity index (χ2n) is 2.93. The molecule has 0 aromatic carbocycles. The second-order valence-corrected chi connectivity index (χ2v) is 2.93. The van der Waals surface area contributed by atoms with Crippen molar-refractivity contribution in [2.24, 2.45) is 0 Å². The molecule has 0 radical (unpaired) electrons. The Balaban J connectivity index is 2.47. The van der Waals surface area contributed by atoms with Crippen LogP contribution in [0.2, 0.25) is 0 Å². The number of carbonyl (C=O) groups is 1. The lowest BCUT2D eigenvalue weighted by Crippen LogP contribution is -2.34. The minimum atomic E-state index is -0.478. The lowest BCUT2D eigenvalue weighted by atomic mass is 10.3. The Morgan fingerprint density at radius 3 is 3.07 bits per heavy atom. The minimum absolute atomic E-state index is 0.0140. The Kier molecular flexibility index (Phi) is 3.78. The number of carbonyl (C=O) groups excluding carboxylic acids is 1. The zero-order valence-electron chi connectivity index (χ0n) is 8.30. The minimum Gasteiger partial charge on any atom is -0.469 e. The molecule has 1 heterocycles. The van der Waals surface area contributed by atoms with Gasteiger partial charge in [0.15, 0.2) is 0 Å². The summed E-state index contributed by atoms with van der Waals surface area (Å²) in [6, 6.07) is 0. The number of aromatic amines is 1. The van der Waals surface area contributed by atoms with Gasteiger partial charge in [-0.2, -0.15) is 4.57 Å². The monoisotopic (exact) mass is 214 g/mol. The molecule has 0 aliphatic heterocycles. The molecule has 7 heteroatoms. The first kappa shape index (κ1) is 11.2. The first-order chi connectivity index (χ1) is 7.15. The highest BCUT2D eigenvalue weighted by atomic mass is 16.6. The van der Waals surface area contributed by atoms with Crippen LogP contribution >= 0.6 is 0 Å². The molecule has 0 bridgehead atoms. The van der Waals surface area contributed by atoms with Gasteiger partial charge >= 0.3 is 18.1 Å². The van der Waals surface area contributed by atoms with Crippen LogP contribution < -0.4 is 4.57 Å². The van der Waals surface area contributed by atoms with Crippen LogP contribution in [0.4, 0.5) is 5.82 Å². The third-order valence-electron chi connectivity index (χ3n) is 1.93. The van der Waals surface area contributed by atoms with Crippen LogP contribution in [0.25, 0.3) is 0 Å². The van der Waals surface area contributed by atoms with Gasteiger partial charge < -0.3 is 14.9 Å². The highest BCUT2D eigenvalue weighted by Crippen LogP contribution is 2.01. The number of ether oxygens (including phenoxy) is 1. The Hall–Kier alpha value is -1.92. The molecule has 0 fully saturated rings. The number of hydrogen-bond donors (Lipinski definition) is 1. The Bertz CT molecular complexity index is 361. The van der Waals surface area contributed by atoms with E-state index >= 15 is 0 Å². The lowest BCUT2D eigenvalue weighted by molar-refractivity contribution is -0.734. The fourth-order valence-electron chi connectivity index (χ4n) is 1.18. The molecule has 0 saturated carbocycles. The Morgan fingerprint density at radius 2 is 2.47 bits per heavy atom. The molecule has 0 aliphatic carbocycles. The van der Waals surface area contributed by atoms with E-state index in [1.807, 2.05) is 0 Å². The number of aryl methyl sites for hydroxylation is 1. The number of imidazole rings is 1. The van der Waals surface area contributed by atoms with E-state index in [9.17, 15) is 14.9 Å². The number of methoxy groups -OCH3 is 1. The Labute approximate surface area is 85.8 Å². The van der Waals surface area contributed by atoms with Crippen molar-refractivity contribution in [3.8, 4) is 0 Å². The summed E-state index contributed by atoms with van der Waals surface area (Å²) in [4.78, 5) is 23.5. The summed E-state index contributed by atoms with van der Waals surface area (Å²) in [5.74, 6) is -0.325. The number of nitrogens with zero attached hydrogens (tertiary/aromatic N) is 2. The molecule has 1 aromatic heterocycles. The van der Waals surface area contributed by atoms with Crippen LogP contribution in [0, 0.1) is 10.1 Å². The quantitative estimate of drug-likeness (QED) is 0.327. The van der Waals surface area contributed by atoms with E-state index in [0.717, 1.165) is 0 Å². The van der Waals surface area contributed by atoms with E-state index in [4.69, 9.17) is 0 Å². The van der Waals surface area contributed by atoms with Gasteiger partial charge in [0.2, 0.25) is 6.20 Å². The zero-order chi connectivity index (χ0) is 11.3. The van der Waals surface area contributed by atoms with Gasteiger partial charge in [-0.15, -0.1) is 0 Å². The molecule has 0 amide bonds. The molecule has 0 aliphatic rings. The van der Waals surface area contributed by atoms with Crippen LogP contribution in [0.5, 0.6) is 0 Å². The van der Waals surface area contributed by atoms with Gasteiger partial charge in [-0.3, -0.25) is 4.79 Å². The molecule has 1 aromatic rings. The summed E-state index contributed by atoms with van der Waals surface area (Å²) < 4.78 is 5.90. The van der Waals surface area contributed by atoms with E-state index in [-0.39, 0.29) is 18.2 Å². The maximum Gasteiger partial charge on any atom is 0.434 e. The highest BCUT2D eigenvalue weighted by molar-refractivity contribution is 5.68. The van der Waals surface area contributed by atoms with Crippen LogP contribution in [0.15, 0.2) is 12.5 Å². The molecule has 7 nitrogen and oxygen atoms in total. The number of nitrogens with one attached hydrogen (secondary N) is 1. The van der Waals surface area contributed by atoms with E-state index < -0.39 is 4.92 Å². The fraction of sp³-hybridized carbons (Fsp3) is 0.500. The van der Waals surface area contributed by atoms with Gasteiger partial charge in [0, 0.05) is 17.8 Å². The van der Waals surface area contributed by atoms with Crippen molar-refractivity contribution in [2.45, 2.75) is 19.4 Å². The van der Waals surface area contributed by atoms with Crippen molar-refractivity contribution in [3.63, 3.8) is 0 Å². The van der Waals surface area contributed by atoms with Gasteiger partial charge in [0.25, 0.3) is 0 Å². The average molecular weight is 214 g/mol. The summed E-state index contributed by atoms with van der Waals surface area (Å²) in [7, 11) is 1.31. The van der Waals surface area contributed by atoms with Gasteiger partial charge in [0.05, 0.1) is 7.11 Å². The number of H-pyrrole nitrogens is 1. The third kappa shape index (κ3) is 3.04. The first-order valence-corrected chi connectivity index (χ1v) is 4.42. The number of esters is 1. The number of rotatable bonds is 5. The zero-order valence-corrected chi connectivity index (χ0v) is 8.30. The number of nitro groups is 1. The predicted molar refractivity (Wildman–Crippen MR) is 48.9 cm³/mol. The van der Waals surface area contributed by atoms with Crippen molar-refractivity contribution in [3.05, 3.63) is 22.6 Å². The summed E-state index contributed by atoms with van der Waals surface area (Å²) >= 11 is 0. The molecule has 82 valence electrons. The lowest BCUT2D eigenvalue weighted by Gasteiger charge is -1.97. The summed E-state index contributed by atoms with van der Waals surface area (Å²) in [6.07, 6.45) is 3.56. The summed E-state index contributed by atoms with van der Waals surface area (Å²) in [5.41, 5.74) is 0. The average Bonchev–Trinajstić information content (AvgIpc) is 2.65. The van der Waals surface area contributed by atoms with Crippen molar-refractivity contribution in [1.82, 2.24) is 4.98 Å². The molecule has 0 saturated heterocycles. The fourth-order valence-corrected chi connectivity index (χ4v) is 1.18. The molecule has 0 atom stereocenters. The molecule has 1 rings (SSSR count). The molecule has 1 N–H and O–H groups in total.